The van der Waals surface area contributed by atoms with Gasteiger partial charge in [0.15, 0.2) is 6.10 Å². The van der Waals surface area contributed by atoms with Gasteiger partial charge in [-0.2, -0.15) is 0 Å². The minimum atomic E-state index is -0.695. The van der Waals surface area contributed by atoms with Crippen LogP contribution in [0.5, 0.6) is 5.75 Å². The molecule has 1 heterocycles. The van der Waals surface area contributed by atoms with E-state index in [1.54, 1.807) is 36.1 Å². The zero-order chi connectivity index (χ0) is 19.9. The van der Waals surface area contributed by atoms with Gasteiger partial charge in [-0.05, 0) is 43.2 Å². The number of nitrogens with zero attached hydrogens (tertiary/aromatic N) is 1. The highest BCUT2D eigenvalue weighted by molar-refractivity contribution is 6.04. The Bertz CT molecular complexity index is 814. The average molecular weight is 382 g/mol. The van der Waals surface area contributed by atoms with Crippen molar-refractivity contribution in [1.82, 2.24) is 4.90 Å². The fraction of sp³-hybridized carbons (Fsp3) is 0.364. The number of rotatable bonds is 6. The molecule has 0 radical (unpaired) electrons. The van der Waals surface area contributed by atoms with Gasteiger partial charge in [-0.15, -0.1) is 0 Å². The normalized spacial score (nSPS) is 15.0. The summed E-state index contributed by atoms with van der Waals surface area (Å²) in [5.74, 6) is 0.224. The number of amides is 2. The molecule has 148 valence electrons. The minimum Gasteiger partial charge on any atom is -0.481 e. The van der Waals surface area contributed by atoms with Crippen LogP contribution < -0.4 is 10.1 Å². The number of morpholine rings is 1. The highest BCUT2D eigenvalue weighted by Crippen LogP contribution is 2.20. The van der Waals surface area contributed by atoms with Crippen molar-refractivity contribution in [3.8, 4) is 5.75 Å². The van der Waals surface area contributed by atoms with E-state index < -0.39 is 6.10 Å². The van der Waals surface area contributed by atoms with Crippen molar-refractivity contribution in [2.45, 2.75) is 26.4 Å². The van der Waals surface area contributed by atoms with Gasteiger partial charge in [-0.25, -0.2) is 0 Å². The Labute approximate surface area is 165 Å². The number of benzene rings is 2. The maximum atomic E-state index is 12.8. The van der Waals surface area contributed by atoms with Gasteiger partial charge in [-0.3, -0.25) is 9.59 Å². The fourth-order valence-electron chi connectivity index (χ4n) is 3.01. The highest BCUT2D eigenvalue weighted by atomic mass is 16.5. The van der Waals surface area contributed by atoms with E-state index in [1.165, 1.54) is 5.56 Å². The maximum Gasteiger partial charge on any atom is 0.265 e. The second-order valence-corrected chi connectivity index (χ2v) is 6.70. The first-order chi connectivity index (χ1) is 13.6. The van der Waals surface area contributed by atoms with Crippen LogP contribution in [0.1, 0.15) is 29.8 Å². The third-order valence-electron chi connectivity index (χ3n) is 4.73. The first-order valence-corrected chi connectivity index (χ1v) is 9.61. The number of para-hydroxylation sites is 1. The number of carbonyl (C=O) groups excluding carboxylic acids is 2. The van der Waals surface area contributed by atoms with Gasteiger partial charge in [0, 0.05) is 13.1 Å². The highest BCUT2D eigenvalue weighted by Gasteiger charge is 2.23. The van der Waals surface area contributed by atoms with Crippen molar-refractivity contribution < 1.29 is 19.1 Å². The van der Waals surface area contributed by atoms with Crippen molar-refractivity contribution in [2.75, 3.05) is 31.6 Å². The number of anilines is 1. The first kappa shape index (κ1) is 19.9. The molecule has 1 aliphatic heterocycles. The molecular weight excluding hydrogens is 356 g/mol. The summed E-state index contributed by atoms with van der Waals surface area (Å²) in [4.78, 5) is 27.2. The molecule has 2 amide bonds. The van der Waals surface area contributed by atoms with Crippen molar-refractivity contribution in [2.24, 2.45) is 0 Å². The third kappa shape index (κ3) is 4.89. The fourth-order valence-corrected chi connectivity index (χ4v) is 3.01. The van der Waals surface area contributed by atoms with Crippen LogP contribution in [0.4, 0.5) is 5.69 Å². The van der Waals surface area contributed by atoms with E-state index in [9.17, 15) is 9.59 Å². The lowest BCUT2D eigenvalue weighted by Gasteiger charge is -2.27. The van der Waals surface area contributed by atoms with Gasteiger partial charge < -0.3 is 19.7 Å². The summed E-state index contributed by atoms with van der Waals surface area (Å²) in [6.07, 6.45) is 0.253. The average Bonchev–Trinajstić information content (AvgIpc) is 2.74. The summed E-state index contributed by atoms with van der Waals surface area (Å²) in [7, 11) is 0. The molecule has 2 aromatic rings. The first-order valence-electron chi connectivity index (χ1n) is 9.61. The van der Waals surface area contributed by atoms with Crippen LogP contribution in [-0.2, 0) is 16.0 Å². The van der Waals surface area contributed by atoms with Crippen molar-refractivity contribution in [3.63, 3.8) is 0 Å². The van der Waals surface area contributed by atoms with Crippen molar-refractivity contribution >= 4 is 17.5 Å². The van der Waals surface area contributed by atoms with E-state index in [0.29, 0.717) is 43.3 Å². The molecule has 1 atom stereocenters. The van der Waals surface area contributed by atoms with Crippen LogP contribution in [0, 0.1) is 0 Å². The Hall–Kier alpha value is -2.86. The predicted molar refractivity (Wildman–Crippen MR) is 108 cm³/mol. The molecule has 0 spiro atoms. The second kappa shape index (κ2) is 9.37. The zero-order valence-electron chi connectivity index (χ0n) is 16.3. The molecule has 0 unspecified atom stereocenters. The molecule has 1 aliphatic rings. The lowest BCUT2D eigenvalue weighted by Crippen LogP contribution is -2.41. The third-order valence-corrected chi connectivity index (χ3v) is 4.73. The number of ether oxygens (including phenoxy) is 2. The molecule has 2 aromatic carbocycles. The van der Waals surface area contributed by atoms with Gasteiger partial charge in [0.05, 0.1) is 24.5 Å². The molecule has 1 saturated heterocycles. The number of nitrogens with one attached hydrogen (secondary N) is 1. The van der Waals surface area contributed by atoms with E-state index in [0.717, 1.165) is 6.42 Å². The Morgan fingerprint density at radius 3 is 2.46 bits per heavy atom. The van der Waals surface area contributed by atoms with E-state index in [2.05, 4.69) is 12.2 Å². The summed E-state index contributed by atoms with van der Waals surface area (Å²) in [6.45, 7) is 5.93. The van der Waals surface area contributed by atoms with Crippen LogP contribution in [-0.4, -0.2) is 49.1 Å². The number of carbonyl (C=O) groups is 2. The summed E-state index contributed by atoms with van der Waals surface area (Å²) < 4.78 is 11.0. The van der Waals surface area contributed by atoms with Crippen LogP contribution in [0.15, 0.2) is 48.5 Å². The number of hydrogen-bond donors (Lipinski definition) is 1. The summed E-state index contributed by atoms with van der Waals surface area (Å²) in [6, 6.07) is 14.7. The quantitative estimate of drug-likeness (QED) is 0.834. The SMILES string of the molecule is CCc1ccc(O[C@H](C)C(=O)Nc2ccccc2C(=O)N2CCOCC2)cc1. The van der Waals surface area contributed by atoms with Gasteiger partial charge in [-0.1, -0.05) is 31.2 Å². The lowest BCUT2D eigenvalue weighted by molar-refractivity contribution is -0.122. The molecule has 0 aromatic heterocycles. The maximum absolute atomic E-state index is 12.8. The van der Waals surface area contributed by atoms with Crippen molar-refractivity contribution in [1.29, 1.82) is 0 Å². The van der Waals surface area contributed by atoms with Gasteiger partial charge in [0.2, 0.25) is 0 Å². The molecule has 28 heavy (non-hydrogen) atoms. The van der Waals surface area contributed by atoms with Crippen molar-refractivity contribution in [3.05, 3.63) is 59.7 Å². The van der Waals surface area contributed by atoms with Gasteiger partial charge >= 0.3 is 0 Å². The Morgan fingerprint density at radius 1 is 1.11 bits per heavy atom. The second-order valence-electron chi connectivity index (χ2n) is 6.70. The number of hydrogen-bond acceptors (Lipinski definition) is 4. The van der Waals surface area contributed by atoms with E-state index in [1.807, 2.05) is 24.3 Å². The monoisotopic (exact) mass is 382 g/mol. The topological polar surface area (TPSA) is 67.9 Å². The smallest absolute Gasteiger partial charge is 0.265 e. The standard InChI is InChI=1S/C22H26N2O4/c1-3-17-8-10-18(11-9-17)28-16(2)21(25)23-20-7-5-4-6-19(20)22(26)24-12-14-27-15-13-24/h4-11,16H,3,12-15H2,1-2H3,(H,23,25)/t16-/m1/s1. The van der Waals surface area contributed by atoms with Crippen LogP contribution in [0.3, 0.4) is 0 Å². The molecule has 3 rings (SSSR count). The zero-order valence-corrected chi connectivity index (χ0v) is 16.3. The molecule has 1 N–H and O–H groups in total. The van der Waals surface area contributed by atoms with E-state index in [-0.39, 0.29) is 11.8 Å². The summed E-state index contributed by atoms with van der Waals surface area (Å²) >= 11 is 0. The molecule has 6 nitrogen and oxygen atoms in total. The van der Waals surface area contributed by atoms with E-state index >= 15 is 0 Å². The Morgan fingerprint density at radius 2 is 1.79 bits per heavy atom. The minimum absolute atomic E-state index is 0.108. The van der Waals surface area contributed by atoms with Gasteiger partial charge in [0.25, 0.3) is 11.8 Å². The Balaban J connectivity index is 1.66. The van der Waals surface area contributed by atoms with E-state index in [4.69, 9.17) is 9.47 Å². The largest absolute Gasteiger partial charge is 0.481 e. The van der Waals surface area contributed by atoms with Crippen LogP contribution in [0.2, 0.25) is 0 Å². The molecular formula is C22H26N2O4. The molecule has 0 aliphatic carbocycles. The van der Waals surface area contributed by atoms with Crippen LogP contribution in [0.25, 0.3) is 0 Å². The molecule has 0 saturated carbocycles. The van der Waals surface area contributed by atoms with Crippen LogP contribution >= 0.6 is 0 Å². The van der Waals surface area contributed by atoms with Gasteiger partial charge in [0.1, 0.15) is 5.75 Å². The molecule has 6 heteroatoms. The summed E-state index contributed by atoms with van der Waals surface area (Å²) in [5.41, 5.74) is 2.16. The molecule has 1 fully saturated rings. The lowest BCUT2D eigenvalue weighted by atomic mass is 10.1. The number of aryl methyl sites for hydroxylation is 1. The Kier molecular flexibility index (Phi) is 6.66. The summed E-state index contributed by atoms with van der Waals surface area (Å²) in [5, 5.41) is 2.83. The predicted octanol–water partition coefficient (Wildman–Crippen LogP) is 3.13. The molecule has 0 bridgehead atoms.